The molecule has 0 spiro atoms. The third-order valence-electron chi connectivity index (χ3n) is 4.26. The molecule has 0 bridgehead atoms. The first kappa shape index (κ1) is 28.0. The van der Waals surface area contributed by atoms with E-state index in [1.54, 1.807) is 20.1 Å². The van der Waals surface area contributed by atoms with Gasteiger partial charge in [-0.2, -0.15) is 0 Å². The number of anilines is 1. The molecule has 2 amide bonds. The number of aromatic nitrogens is 1. The van der Waals surface area contributed by atoms with Crippen LogP contribution in [0.3, 0.4) is 0 Å². The van der Waals surface area contributed by atoms with E-state index in [-0.39, 0.29) is 24.8 Å². The Labute approximate surface area is 215 Å². The second kappa shape index (κ2) is 13.0. The van der Waals surface area contributed by atoms with Crippen LogP contribution in [0.25, 0.3) is 6.08 Å². The zero-order chi connectivity index (χ0) is 26.1. The fourth-order valence-electron chi connectivity index (χ4n) is 2.67. The molecule has 0 radical (unpaired) electrons. The maximum atomic E-state index is 12.7. The molecule has 0 saturated carbocycles. The molecule has 1 aliphatic rings. The second-order valence-corrected chi connectivity index (χ2v) is 9.52. The van der Waals surface area contributed by atoms with Gasteiger partial charge in [0.25, 0.3) is 11.9 Å². The number of carboxylic acid groups (broad SMARTS) is 1. The van der Waals surface area contributed by atoms with Crippen molar-refractivity contribution >= 4 is 74.6 Å². The first-order chi connectivity index (χ1) is 16.5. The number of carbonyl (C=O) groups is 4. The van der Waals surface area contributed by atoms with Crippen LogP contribution in [0, 0.1) is 6.92 Å². The van der Waals surface area contributed by atoms with Crippen LogP contribution in [0.2, 0.25) is 0 Å². The lowest BCUT2D eigenvalue weighted by Crippen LogP contribution is -2.31. The summed E-state index contributed by atoms with van der Waals surface area (Å²) in [5.41, 5.74) is 1.33. The summed E-state index contributed by atoms with van der Waals surface area (Å²) in [6, 6.07) is 7.31. The largest absolute Gasteiger partial charge is 0.497 e. The van der Waals surface area contributed by atoms with Gasteiger partial charge in [-0.3, -0.25) is 19.3 Å². The van der Waals surface area contributed by atoms with E-state index in [2.05, 4.69) is 15.0 Å². The van der Waals surface area contributed by atoms with E-state index in [1.807, 2.05) is 24.3 Å². The van der Waals surface area contributed by atoms with Crippen LogP contribution < -0.4 is 10.1 Å². The SMILES string of the molecule is CC(=O)O.COC(=O)c1sc(NC(=O)CCN2C(=O)C(=Cc3ccc(OC)cc3)SC2=S)nc1C. The van der Waals surface area contributed by atoms with Crippen molar-refractivity contribution in [2.75, 3.05) is 26.1 Å². The minimum atomic E-state index is -0.833. The van der Waals surface area contributed by atoms with Gasteiger partial charge in [-0.15, -0.1) is 0 Å². The second-order valence-electron chi connectivity index (χ2n) is 6.85. The van der Waals surface area contributed by atoms with Gasteiger partial charge in [-0.05, 0) is 30.7 Å². The first-order valence-electron chi connectivity index (χ1n) is 10.00. The Morgan fingerprint density at radius 2 is 1.86 bits per heavy atom. The van der Waals surface area contributed by atoms with Gasteiger partial charge in [-0.1, -0.05) is 47.4 Å². The van der Waals surface area contributed by atoms with E-state index in [0.717, 1.165) is 29.6 Å². The molecule has 0 atom stereocenters. The lowest BCUT2D eigenvalue weighted by Gasteiger charge is -2.13. The zero-order valence-corrected chi connectivity index (χ0v) is 21.8. The molecule has 1 saturated heterocycles. The highest BCUT2D eigenvalue weighted by Crippen LogP contribution is 2.33. The van der Waals surface area contributed by atoms with Crippen molar-refractivity contribution in [3.8, 4) is 5.75 Å². The number of rotatable bonds is 7. The van der Waals surface area contributed by atoms with Gasteiger partial charge < -0.3 is 19.9 Å². The van der Waals surface area contributed by atoms with Gasteiger partial charge in [0.2, 0.25) is 5.91 Å². The number of aryl methyl sites for hydroxylation is 1. The third-order valence-corrected chi connectivity index (χ3v) is 6.69. The van der Waals surface area contributed by atoms with Crippen molar-refractivity contribution in [2.45, 2.75) is 20.3 Å². The molecule has 2 aromatic rings. The molecule has 3 rings (SSSR count). The molecular formula is C22H23N3O7S3. The number of carboxylic acids is 1. The molecule has 1 aromatic carbocycles. The van der Waals surface area contributed by atoms with Crippen LogP contribution in [0.1, 0.15) is 34.3 Å². The van der Waals surface area contributed by atoms with Gasteiger partial charge in [-0.25, -0.2) is 9.78 Å². The average Bonchev–Trinajstić information content (AvgIpc) is 3.30. The Morgan fingerprint density at radius 3 is 2.43 bits per heavy atom. The zero-order valence-electron chi connectivity index (χ0n) is 19.3. The number of thiazole rings is 1. The van der Waals surface area contributed by atoms with Crippen molar-refractivity contribution < 1.29 is 33.8 Å². The fourth-order valence-corrected chi connectivity index (χ4v) is 4.88. The Bertz CT molecular complexity index is 1160. The Morgan fingerprint density at radius 1 is 1.23 bits per heavy atom. The van der Waals surface area contributed by atoms with Gasteiger partial charge in [0.05, 0.1) is 24.8 Å². The summed E-state index contributed by atoms with van der Waals surface area (Å²) in [5.74, 6) is -1.18. The standard InChI is InChI=1S/C20H19N3O5S3.C2H4O2/c1-11-16(18(26)28-3)31-19(21-11)22-15(24)8-9-23-17(25)14(30-20(23)29)10-12-4-6-13(27-2)7-5-12;1-2(3)4/h4-7,10H,8-9H2,1-3H3,(H,21,22,24);1H3,(H,3,4). The predicted octanol–water partition coefficient (Wildman–Crippen LogP) is 3.57. The van der Waals surface area contributed by atoms with E-state index in [1.165, 1.54) is 23.8 Å². The van der Waals surface area contributed by atoms with Gasteiger partial charge in [0.1, 0.15) is 14.9 Å². The number of carbonyl (C=O) groups excluding carboxylic acids is 3. The van der Waals surface area contributed by atoms with Crippen molar-refractivity contribution in [3.05, 3.63) is 45.3 Å². The number of aliphatic carboxylic acids is 1. The van der Waals surface area contributed by atoms with Crippen LogP contribution >= 0.6 is 35.3 Å². The summed E-state index contributed by atoms with van der Waals surface area (Å²) >= 11 is 7.54. The number of methoxy groups -OCH3 is 2. The van der Waals surface area contributed by atoms with E-state index < -0.39 is 11.9 Å². The lowest BCUT2D eigenvalue weighted by atomic mass is 10.2. The number of hydrogen-bond donors (Lipinski definition) is 2. The number of thioether (sulfide) groups is 1. The van der Waals surface area contributed by atoms with Crippen LogP contribution in [0.15, 0.2) is 29.2 Å². The average molecular weight is 538 g/mol. The molecule has 13 heteroatoms. The maximum absolute atomic E-state index is 12.7. The normalized spacial score (nSPS) is 13.8. The van der Waals surface area contributed by atoms with Crippen LogP contribution in [0.4, 0.5) is 5.13 Å². The van der Waals surface area contributed by atoms with E-state index in [9.17, 15) is 14.4 Å². The molecule has 0 unspecified atom stereocenters. The van der Waals surface area contributed by atoms with E-state index >= 15 is 0 Å². The van der Waals surface area contributed by atoms with Crippen LogP contribution in [-0.2, 0) is 19.1 Å². The van der Waals surface area contributed by atoms with Gasteiger partial charge in [0, 0.05) is 19.9 Å². The van der Waals surface area contributed by atoms with Crippen LogP contribution in [-0.4, -0.2) is 63.8 Å². The molecular weight excluding hydrogens is 514 g/mol. The molecule has 186 valence electrons. The molecule has 0 aliphatic carbocycles. The van der Waals surface area contributed by atoms with Gasteiger partial charge >= 0.3 is 5.97 Å². The van der Waals surface area contributed by atoms with E-state index in [4.69, 9.17) is 26.9 Å². The van der Waals surface area contributed by atoms with Crippen molar-refractivity contribution in [1.82, 2.24) is 9.88 Å². The molecule has 2 heterocycles. The minimum Gasteiger partial charge on any atom is -0.497 e. The quantitative estimate of drug-likeness (QED) is 0.307. The fraction of sp³-hybridized carbons (Fsp3) is 0.273. The number of thiocarbonyl (C=S) groups is 1. The number of ether oxygens (including phenoxy) is 2. The number of hydrogen-bond acceptors (Lipinski definition) is 10. The summed E-state index contributed by atoms with van der Waals surface area (Å²) in [7, 11) is 2.87. The van der Waals surface area contributed by atoms with Gasteiger partial charge in [0.15, 0.2) is 5.13 Å². The number of benzene rings is 1. The molecule has 1 aliphatic heterocycles. The highest BCUT2D eigenvalue weighted by molar-refractivity contribution is 8.26. The number of nitrogens with one attached hydrogen (secondary N) is 1. The topological polar surface area (TPSA) is 135 Å². The third kappa shape index (κ3) is 8.16. The molecule has 1 aromatic heterocycles. The Hall–Kier alpha value is -3.29. The minimum absolute atomic E-state index is 0.0362. The van der Waals surface area contributed by atoms with Crippen LogP contribution in [0.5, 0.6) is 5.75 Å². The summed E-state index contributed by atoms with van der Waals surface area (Å²) in [5, 5.41) is 10.4. The molecule has 10 nitrogen and oxygen atoms in total. The number of esters is 1. The number of nitrogens with zero attached hydrogens (tertiary/aromatic N) is 2. The Balaban J connectivity index is 0.00000100. The number of amides is 2. The highest BCUT2D eigenvalue weighted by Gasteiger charge is 2.32. The maximum Gasteiger partial charge on any atom is 0.350 e. The lowest BCUT2D eigenvalue weighted by molar-refractivity contribution is -0.134. The molecule has 35 heavy (non-hydrogen) atoms. The Kier molecular flexibility index (Phi) is 10.4. The summed E-state index contributed by atoms with van der Waals surface area (Å²) in [6.07, 6.45) is 1.79. The summed E-state index contributed by atoms with van der Waals surface area (Å²) in [6.45, 7) is 2.89. The van der Waals surface area contributed by atoms with Crippen molar-refractivity contribution in [3.63, 3.8) is 0 Å². The predicted molar refractivity (Wildman–Crippen MR) is 138 cm³/mol. The van der Waals surface area contributed by atoms with E-state index in [0.29, 0.717) is 24.9 Å². The smallest absolute Gasteiger partial charge is 0.350 e. The summed E-state index contributed by atoms with van der Waals surface area (Å²) in [4.78, 5) is 52.1. The van der Waals surface area contributed by atoms with Crippen molar-refractivity contribution in [2.24, 2.45) is 0 Å². The molecule has 2 N–H and O–H groups in total. The molecule has 1 fully saturated rings. The first-order valence-corrected chi connectivity index (χ1v) is 12.0. The highest BCUT2D eigenvalue weighted by atomic mass is 32.2. The van der Waals surface area contributed by atoms with Crippen molar-refractivity contribution in [1.29, 1.82) is 0 Å². The monoisotopic (exact) mass is 537 g/mol. The summed E-state index contributed by atoms with van der Waals surface area (Å²) < 4.78 is 10.2.